The molecule has 2 N–H and O–H groups in total. The van der Waals surface area contributed by atoms with Crippen molar-refractivity contribution in [2.24, 2.45) is 0 Å². The van der Waals surface area contributed by atoms with Crippen LogP contribution in [0.3, 0.4) is 0 Å². The van der Waals surface area contributed by atoms with Crippen LogP contribution >= 0.6 is 0 Å². The largest absolute Gasteiger partial charge is 0.385 e. The molecule has 0 heterocycles. The van der Waals surface area contributed by atoms with Gasteiger partial charge in [-0.15, -0.1) is 0 Å². The molecule has 0 radical (unpaired) electrons. The van der Waals surface area contributed by atoms with E-state index in [0.717, 1.165) is 0 Å². The molecule has 0 saturated heterocycles. The number of benzene rings is 2. The first-order valence-electron chi connectivity index (χ1n) is 8.29. The smallest absolute Gasteiger partial charge is 0.244 e. The minimum Gasteiger partial charge on any atom is -0.385 e. The molecule has 0 spiro atoms. The van der Waals surface area contributed by atoms with Crippen molar-refractivity contribution in [3.63, 3.8) is 0 Å². The minimum absolute atomic E-state index is 0.0561. The van der Waals surface area contributed by atoms with Gasteiger partial charge in [0.05, 0.1) is 6.04 Å². The van der Waals surface area contributed by atoms with Crippen LogP contribution in [0.2, 0.25) is 0 Å². The Hall–Kier alpha value is -2.76. The fourth-order valence-electron chi connectivity index (χ4n) is 2.44. The number of nitrogens with one attached hydrogen (secondary N) is 2. The van der Waals surface area contributed by atoms with Crippen LogP contribution in [0.15, 0.2) is 36.4 Å². The van der Waals surface area contributed by atoms with Crippen LogP contribution in [-0.4, -0.2) is 12.5 Å². The fraction of sp³-hybridized carbons (Fsp3) is 0.250. The molecule has 0 aliphatic rings. The van der Waals surface area contributed by atoms with Gasteiger partial charge in [0.2, 0.25) is 5.91 Å². The van der Waals surface area contributed by atoms with E-state index in [4.69, 9.17) is 0 Å². The maximum atomic E-state index is 13.7. The lowest BCUT2D eigenvalue weighted by Gasteiger charge is -2.14. The Balaban J connectivity index is 2.10. The van der Waals surface area contributed by atoms with Gasteiger partial charge in [-0.2, -0.15) is 0 Å². The van der Waals surface area contributed by atoms with Crippen LogP contribution < -0.4 is 10.6 Å². The van der Waals surface area contributed by atoms with Crippen molar-refractivity contribution in [1.29, 1.82) is 0 Å². The number of halogens is 3. The van der Waals surface area contributed by atoms with Crippen molar-refractivity contribution in [3.05, 3.63) is 70.5 Å². The number of amides is 1. The lowest BCUT2D eigenvalue weighted by Crippen LogP contribution is -2.25. The predicted molar refractivity (Wildman–Crippen MR) is 97.3 cm³/mol. The standard InChI is InChI=1S/C20H21F3N2O/c1-4-24-19-11-16(21)7-5-14(19)6-8-20(26)25-13(3)15-9-17(22)12(2)18(23)10-15/h5-11,13,24H,4H2,1-3H3,(H,25,26)/b8-6+/t13-/m1/s1. The Kier molecular flexibility index (Phi) is 6.44. The molecule has 0 fully saturated rings. The molecule has 1 amide bonds. The van der Waals surface area contributed by atoms with Gasteiger partial charge in [0.25, 0.3) is 0 Å². The van der Waals surface area contributed by atoms with Crippen molar-refractivity contribution in [1.82, 2.24) is 5.32 Å². The average Bonchev–Trinajstić information content (AvgIpc) is 2.58. The molecule has 0 unspecified atom stereocenters. The van der Waals surface area contributed by atoms with Crippen LogP contribution in [-0.2, 0) is 4.79 Å². The van der Waals surface area contributed by atoms with E-state index in [-0.39, 0.29) is 11.4 Å². The third kappa shape index (κ3) is 4.88. The van der Waals surface area contributed by atoms with Crippen molar-refractivity contribution in [3.8, 4) is 0 Å². The summed E-state index contributed by atoms with van der Waals surface area (Å²) in [6.45, 7) is 5.48. The van der Waals surface area contributed by atoms with Crippen LogP contribution in [0.4, 0.5) is 18.9 Å². The molecule has 0 bridgehead atoms. The van der Waals surface area contributed by atoms with Gasteiger partial charge in [0, 0.05) is 23.9 Å². The number of carbonyl (C=O) groups is 1. The maximum absolute atomic E-state index is 13.7. The van der Waals surface area contributed by atoms with Crippen molar-refractivity contribution < 1.29 is 18.0 Å². The van der Waals surface area contributed by atoms with Crippen LogP contribution in [0.25, 0.3) is 6.08 Å². The second kappa shape index (κ2) is 8.56. The number of hydrogen-bond donors (Lipinski definition) is 2. The lowest BCUT2D eigenvalue weighted by atomic mass is 10.1. The van der Waals surface area contributed by atoms with Crippen LogP contribution in [0.1, 0.15) is 36.6 Å². The second-order valence-corrected chi connectivity index (χ2v) is 5.94. The first kappa shape index (κ1) is 19.6. The molecule has 0 aromatic heterocycles. The van der Waals surface area contributed by atoms with Crippen molar-refractivity contribution >= 4 is 17.7 Å². The van der Waals surface area contributed by atoms with Gasteiger partial charge in [0.15, 0.2) is 0 Å². The topological polar surface area (TPSA) is 41.1 Å². The third-order valence-corrected chi connectivity index (χ3v) is 3.96. The Morgan fingerprint density at radius 1 is 1.15 bits per heavy atom. The summed E-state index contributed by atoms with van der Waals surface area (Å²) in [6, 6.07) is 6.05. The lowest BCUT2D eigenvalue weighted by molar-refractivity contribution is -0.117. The molecule has 26 heavy (non-hydrogen) atoms. The van der Waals surface area contributed by atoms with Gasteiger partial charge >= 0.3 is 0 Å². The predicted octanol–water partition coefficient (Wildman–Crippen LogP) is 4.73. The summed E-state index contributed by atoms with van der Waals surface area (Å²) in [6.07, 6.45) is 2.85. The van der Waals surface area contributed by atoms with Gasteiger partial charge in [-0.3, -0.25) is 4.79 Å². The molecule has 6 heteroatoms. The average molecular weight is 362 g/mol. The molecule has 0 aliphatic heterocycles. The highest BCUT2D eigenvalue weighted by Crippen LogP contribution is 2.20. The summed E-state index contributed by atoms with van der Waals surface area (Å²) in [5.41, 5.74) is 1.51. The highest BCUT2D eigenvalue weighted by molar-refractivity contribution is 5.92. The van der Waals surface area contributed by atoms with E-state index in [1.165, 1.54) is 37.3 Å². The van der Waals surface area contributed by atoms with E-state index >= 15 is 0 Å². The van der Waals surface area contributed by atoms with Gasteiger partial charge in [-0.05, 0) is 68.3 Å². The van der Waals surface area contributed by atoms with E-state index < -0.39 is 23.6 Å². The summed E-state index contributed by atoms with van der Waals surface area (Å²) in [4.78, 5) is 12.1. The normalized spacial score (nSPS) is 12.2. The molecule has 1 atom stereocenters. The molecule has 138 valence electrons. The molecule has 2 aromatic carbocycles. The maximum Gasteiger partial charge on any atom is 0.244 e. The van der Waals surface area contributed by atoms with E-state index in [9.17, 15) is 18.0 Å². The summed E-state index contributed by atoms with van der Waals surface area (Å²) < 4.78 is 40.6. The number of hydrogen-bond acceptors (Lipinski definition) is 2. The molecule has 0 saturated carbocycles. The summed E-state index contributed by atoms with van der Waals surface area (Å²) in [7, 11) is 0. The zero-order chi connectivity index (χ0) is 19.3. The monoisotopic (exact) mass is 362 g/mol. The zero-order valence-corrected chi connectivity index (χ0v) is 14.9. The van der Waals surface area contributed by atoms with Crippen molar-refractivity contribution in [2.75, 3.05) is 11.9 Å². The Bertz CT molecular complexity index is 811. The highest BCUT2D eigenvalue weighted by atomic mass is 19.1. The Morgan fingerprint density at radius 3 is 2.42 bits per heavy atom. The third-order valence-electron chi connectivity index (χ3n) is 3.96. The quantitative estimate of drug-likeness (QED) is 0.729. The van der Waals surface area contributed by atoms with E-state index in [1.807, 2.05) is 6.92 Å². The molecular weight excluding hydrogens is 341 g/mol. The number of rotatable bonds is 6. The van der Waals surface area contributed by atoms with E-state index in [0.29, 0.717) is 23.4 Å². The van der Waals surface area contributed by atoms with Crippen LogP contribution in [0, 0.1) is 24.4 Å². The highest BCUT2D eigenvalue weighted by Gasteiger charge is 2.13. The van der Waals surface area contributed by atoms with Gasteiger partial charge < -0.3 is 10.6 Å². The molecule has 3 nitrogen and oxygen atoms in total. The molecule has 2 aromatic rings. The van der Waals surface area contributed by atoms with E-state index in [1.54, 1.807) is 19.1 Å². The number of anilines is 1. The zero-order valence-electron chi connectivity index (χ0n) is 14.9. The van der Waals surface area contributed by atoms with Crippen molar-refractivity contribution in [2.45, 2.75) is 26.8 Å². The molecule has 2 rings (SSSR count). The second-order valence-electron chi connectivity index (χ2n) is 5.94. The first-order chi connectivity index (χ1) is 12.3. The fourth-order valence-corrected chi connectivity index (χ4v) is 2.44. The Morgan fingerprint density at radius 2 is 1.81 bits per heavy atom. The molecular formula is C20H21F3N2O. The van der Waals surface area contributed by atoms with Crippen LogP contribution in [0.5, 0.6) is 0 Å². The van der Waals surface area contributed by atoms with Gasteiger partial charge in [-0.1, -0.05) is 0 Å². The Labute approximate surface area is 150 Å². The molecule has 0 aliphatic carbocycles. The van der Waals surface area contributed by atoms with Gasteiger partial charge in [-0.25, -0.2) is 13.2 Å². The van der Waals surface area contributed by atoms with Gasteiger partial charge in [0.1, 0.15) is 17.5 Å². The first-order valence-corrected chi connectivity index (χ1v) is 8.29. The SMILES string of the molecule is CCNc1cc(F)ccc1/C=C/C(=O)N[C@H](C)c1cc(F)c(C)c(F)c1. The van der Waals surface area contributed by atoms with E-state index in [2.05, 4.69) is 10.6 Å². The summed E-state index contributed by atoms with van der Waals surface area (Å²) >= 11 is 0. The minimum atomic E-state index is -0.654. The summed E-state index contributed by atoms with van der Waals surface area (Å²) in [5.74, 6) is -2.11. The number of carbonyl (C=O) groups excluding carboxylic acids is 1. The summed E-state index contributed by atoms with van der Waals surface area (Å²) in [5, 5.41) is 5.67.